The Morgan fingerprint density at radius 1 is 0.821 bits per heavy atom. The van der Waals surface area contributed by atoms with E-state index in [0.29, 0.717) is 5.69 Å². The van der Waals surface area contributed by atoms with Gasteiger partial charge in [-0.2, -0.15) is 0 Å². The van der Waals surface area contributed by atoms with Gasteiger partial charge in [-0.1, -0.05) is 48.5 Å². The highest BCUT2D eigenvalue weighted by Crippen LogP contribution is 2.35. The Hall–Kier alpha value is -4.07. The number of anilines is 4. The van der Waals surface area contributed by atoms with Gasteiger partial charge in [0, 0.05) is 11.1 Å². The third-order valence-corrected chi connectivity index (χ3v) is 4.17. The summed E-state index contributed by atoms with van der Waals surface area (Å²) in [5.74, 6) is -0.637. The summed E-state index contributed by atoms with van der Waals surface area (Å²) in [4.78, 5) is 19.1. The fraction of sp³-hybridized carbons (Fsp3) is 0. The van der Waals surface area contributed by atoms with E-state index in [1.54, 1.807) is 12.1 Å². The molecule has 4 rings (SSSR count). The van der Waals surface area contributed by atoms with Crippen molar-refractivity contribution in [3.8, 4) is 0 Å². The number of halogens is 1. The number of benzene rings is 3. The van der Waals surface area contributed by atoms with Crippen LogP contribution in [0.4, 0.5) is 33.1 Å². The Morgan fingerprint density at radius 3 is 2.18 bits per heavy atom. The fourth-order valence-electron chi connectivity index (χ4n) is 2.89. The first-order valence-corrected chi connectivity index (χ1v) is 8.39. The Labute approximate surface area is 159 Å². The maximum Gasteiger partial charge on any atom is 0.353 e. The number of hydrogen-bond donors (Lipinski definition) is 2. The molecule has 0 spiro atoms. The summed E-state index contributed by atoms with van der Waals surface area (Å²) in [5.41, 5.74) is 0.371. The van der Waals surface area contributed by atoms with Crippen molar-refractivity contribution < 1.29 is 9.31 Å². The molecule has 0 aliphatic rings. The number of nitro groups is 1. The molecular formula is C20H14FN5O2. The second kappa shape index (κ2) is 7.28. The number of nitrogens with zero attached hydrogens (tertiary/aromatic N) is 3. The molecule has 0 atom stereocenters. The summed E-state index contributed by atoms with van der Waals surface area (Å²) < 4.78 is 13.9. The van der Waals surface area contributed by atoms with Crippen LogP contribution in [0.3, 0.4) is 0 Å². The lowest BCUT2D eigenvalue weighted by atomic mass is 10.1. The lowest BCUT2D eigenvalue weighted by Crippen LogP contribution is -2.06. The van der Waals surface area contributed by atoms with Crippen LogP contribution in [0.25, 0.3) is 10.8 Å². The topological polar surface area (TPSA) is 93.0 Å². The summed E-state index contributed by atoms with van der Waals surface area (Å²) in [6, 6.07) is 19.1. The Kier molecular flexibility index (Phi) is 4.51. The summed E-state index contributed by atoms with van der Waals surface area (Å²) in [6.07, 6.45) is 1.18. The smallest absolute Gasteiger partial charge is 0.334 e. The van der Waals surface area contributed by atoms with E-state index in [4.69, 9.17) is 0 Å². The standard InChI is InChI=1S/C20H14FN5O2/c21-15-9-3-4-10-17(15)25-20-18(26(27)28)19(22-12-23-20)24-16-11-5-7-13-6-1-2-8-14(13)16/h1-12H,(H2,22,23,24,25). The van der Waals surface area contributed by atoms with Gasteiger partial charge in [-0.05, 0) is 23.6 Å². The summed E-state index contributed by atoms with van der Waals surface area (Å²) in [5, 5.41) is 19.3. The Bertz CT molecular complexity index is 1180. The number of aromatic nitrogens is 2. The number of para-hydroxylation sites is 1. The number of nitrogens with one attached hydrogen (secondary N) is 2. The van der Waals surface area contributed by atoms with Crippen molar-refractivity contribution in [1.82, 2.24) is 9.97 Å². The Balaban J connectivity index is 1.77. The zero-order valence-electron chi connectivity index (χ0n) is 14.5. The van der Waals surface area contributed by atoms with Crippen LogP contribution in [-0.2, 0) is 0 Å². The molecule has 7 nitrogen and oxygen atoms in total. The SMILES string of the molecule is O=[N+]([O-])c1c(Nc2ccccc2F)ncnc1Nc1cccc2ccccc12. The van der Waals surface area contributed by atoms with Crippen LogP contribution in [0.15, 0.2) is 73.1 Å². The lowest BCUT2D eigenvalue weighted by molar-refractivity contribution is -0.383. The van der Waals surface area contributed by atoms with Gasteiger partial charge in [0.1, 0.15) is 12.1 Å². The van der Waals surface area contributed by atoms with Gasteiger partial charge >= 0.3 is 5.69 Å². The van der Waals surface area contributed by atoms with E-state index in [-0.39, 0.29) is 23.0 Å². The molecule has 138 valence electrons. The first kappa shape index (κ1) is 17.3. The molecule has 0 fully saturated rings. The van der Waals surface area contributed by atoms with Gasteiger partial charge in [0.25, 0.3) is 0 Å². The van der Waals surface area contributed by atoms with E-state index in [2.05, 4.69) is 20.6 Å². The number of rotatable bonds is 5. The van der Waals surface area contributed by atoms with Crippen LogP contribution < -0.4 is 10.6 Å². The van der Waals surface area contributed by atoms with Crippen molar-refractivity contribution in [3.05, 3.63) is 89.0 Å². The maximum atomic E-state index is 13.9. The third-order valence-electron chi connectivity index (χ3n) is 4.17. The lowest BCUT2D eigenvalue weighted by Gasteiger charge is -2.12. The maximum absolute atomic E-state index is 13.9. The molecule has 3 aromatic carbocycles. The molecule has 1 aromatic heterocycles. The molecular weight excluding hydrogens is 361 g/mol. The molecule has 0 radical (unpaired) electrons. The van der Waals surface area contributed by atoms with Gasteiger partial charge in [0.2, 0.25) is 11.6 Å². The van der Waals surface area contributed by atoms with Gasteiger partial charge in [0.15, 0.2) is 0 Å². The zero-order chi connectivity index (χ0) is 19.5. The van der Waals surface area contributed by atoms with Crippen LogP contribution in [0.5, 0.6) is 0 Å². The molecule has 0 aliphatic carbocycles. The quantitative estimate of drug-likeness (QED) is 0.369. The van der Waals surface area contributed by atoms with E-state index in [9.17, 15) is 14.5 Å². The molecule has 0 bridgehead atoms. The van der Waals surface area contributed by atoms with Crippen LogP contribution in [0.2, 0.25) is 0 Å². The van der Waals surface area contributed by atoms with Crippen molar-refractivity contribution in [2.75, 3.05) is 10.6 Å². The van der Waals surface area contributed by atoms with Gasteiger partial charge in [-0.3, -0.25) is 10.1 Å². The van der Waals surface area contributed by atoms with Crippen LogP contribution >= 0.6 is 0 Å². The van der Waals surface area contributed by atoms with Gasteiger partial charge in [0.05, 0.1) is 10.6 Å². The average Bonchev–Trinajstić information content (AvgIpc) is 2.70. The highest BCUT2D eigenvalue weighted by molar-refractivity contribution is 5.96. The predicted octanol–water partition coefficient (Wildman–Crippen LogP) is 5.16. The van der Waals surface area contributed by atoms with Crippen molar-refractivity contribution in [2.45, 2.75) is 0 Å². The summed E-state index contributed by atoms with van der Waals surface area (Å²) in [6.45, 7) is 0. The highest BCUT2D eigenvalue weighted by atomic mass is 19.1. The van der Waals surface area contributed by atoms with E-state index >= 15 is 0 Å². The second-order valence-corrected chi connectivity index (χ2v) is 5.93. The first-order valence-electron chi connectivity index (χ1n) is 8.39. The molecule has 1 heterocycles. The van der Waals surface area contributed by atoms with Crippen LogP contribution in [-0.4, -0.2) is 14.9 Å². The minimum Gasteiger partial charge on any atom is -0.334 e. The minimum atomic E-state index is -0.601. The van der Waals surface area contributed by atoms with E-state index in [0.717, 1.165) is 10.8 Å². The van der Waals surface area contributed by atoms with E-state index in [1.807, 2.05) is 36.4 Å². The monoisotopic (exact) mass is 375 g/mol. The molecule has 2 N–H and O–H groups in total. The van der Waals surface area contributed by atoms with E-state index < -0.39 is 10.7 Å². The van der Waals surface area contributed by atoms with Crippen LogP contribution in [0, 0.1) is 15.9 Å². The minimum absolute atomic E-state index is 0.00944. The molecule has 8 heteroatoms. The number of fused-ring (bicyclic) bond motifs is 1. The molecule has 28 heavy (non-hydrogen) atoms. The molecule has 0 saturated carbocycles. The van der Waals surface area contributed by atoms with Crippen molar-refractivity contribution in [3.63, 3.8) is 0 Å². The van der Waals surface area contributed by atoms with Gasteiger partial charge in [-0.25, -0.2) is 14.4 Å². The largest absolute Gasteiger partial charge is 0.353 e. The van der Waals surface area contributed by atoms with E-state index in [1.165, 1.54) is 24.5 Å². The zero-order valence-corrected chi connectivity index (χ0v) is 14.5. The third kappa shape index (κ3) is 3.30. The molecule has 0 amide bonds. The normalized spacial score (nSPS) is 10.6. The highest BCUT2D eigenvalue weighted by Gasteiger charge is 2.24. The molecule has 0 aliphatic heterocycles. The first-order chi connectivity index (χ1) is 13.6. The van der Waals surface area contributed by atoms with Crippen molar-refractivity contribution >= 4 is 39.5 Å². The average molecular weight is 375 g/mol. The van der Waals surface area contributed by atoms with Crippen molar-refractivity contribution in [2.24, 2.45) is 0 Å². The molecule has 4 aromatic rings. The molecule has 0 unspecified atom stereocenters. The number of hydrogen-bond acceptors (Lipinski definition) is 6. The van der Waals surface area contributed by atoms with Gasteiger partial charge < -0.3 is 10.6 Å². The Morgan fingerprint density at radius 2 is 1.43 bits per heavy atom. The van der Waals surface area contributed by atoms with Crippen LogP contribution in [0.1, 0.15) is 0 Å². The van der Waals surface area contributed by atoms with Gasteiger partial charge in [-0.15, -0.1) is 0 Å². The molecule has 0 saturated heterocycles. The summed E-state index contributed by atoms with van der Waals surface area (Å²) >= 11 is 0. The second-order valence-electron chi connectivity index (χ2n) is 5.93. The summed E-state index contributed by atoms with van der Waals surface area (Å²) in [7, 11) is 0. The fourth-order valence-corrected chi connectivity index (χ4v) is 2.89. The predicted molar refractivity (Wildman–Crippen MR) is 106 cm³/mol. The van der Waals surface area contributed by atoms with Crippen molar-refractivity contribution in [1.29, 1.82) is 0 Å².